The first-order valence-corrected chi connectivity index (χ1v) is 7.26. The summed E-state index contributed by atoms with van der Waals surface area (Å²) in [5.41, 5.74) is 1.52. The number of hydrogen-bond acceptors (Lipinski definition) is 3. The van der Waals surface area contributed by atoms with Crippen LogP contribution in [-0.4, -0.2) is 36.9 Å². The molecule has 1 N–H and O–H groups in total. The lowest BCUT2D eigenvalue weighted by molar-refractivity contribution is -0.144. The summed E-state index contributed by atoms with van der Waals surface area (Å²) >= 11 is 0. The van der Waals surface area contributed by atoms with Crippen molar-refractivity contribution >= 4 is 17.5 Å². The van der Waals surface area contributed by atoms with Gasteiger partial charge < -0.3 is 15.0 Å². The van der Waals surface area contributed by atoms with Gasteiger partial charge >= 0.3 is 11.8 Å². The normalized spacial score (nSPS) is 18.2. The third-order valence-electron chi connectivity index (χ3n) is 3.74. The van der Waals surface area contributed by atoms with Crippen molar-refractivity contribution in [1.29, 1.82) is 0 Å². The van der Waals surface area contributed by atoms with E-state index in [1.807, 2.05) is 13.0 Å². The second-order valence-electron chi connectivity index (χ2n) is 5.66. The molecule has 2 rings (SSSR count). The molecule has 5 nitrogen and oxygen atoms in total. The first kappa shape index (κ1) is 15.4. The van der Waals surface area contributed by atoms with Crippen molar-refractivity contribution in [2.45, 2.75) is 26.7 Å². The summed E-state index contributed by atoms with van der Waals surface area (Å²) in [5.74, 6) is -0.0733. The van der Waals surface area contributed by atoms with Crippen LogP contribution in [0.25, 0.3) is 0 Å². The Kier molecular flexibility index (Phi) is 4.83. The lowest BCUT2D eigenvalue weighted by Gasteiger charge is -2.30. The van der Waals surface area contributed by atoms with Crippen LogP contribution in [0, 0.1) is 12.8 Å². The van der Waals surface area contributed by atoms with Crippen LogP contribution in [0.15, 0.2) is 18.2 Å². The molecule has 2 amide bonds. The molecule has 1 fully saturated rings. The third-order valence-corrected chi connectivity index (χ3v) is 3.74. The van der Waals surface area contributed by atoms with Gasteiger partial charge in [-0.2, -0.15) is 0 Å². The fourth-order valence-electron chi connectivity index (χ4n) is 2.61. The largest absolute Gasteiger partial charge is 0.495 e. The predicted octanol–water partition coefficient (Wildman–Crippen LogP) is 2.20. The van der Waals surface area contributed by atoms with Crippen LogP contribution in [0.2, 0.25) is 0 Å². The van der Waals surface area contributed by atoms with Crippen molar-refractivity contribution in [3.8, 4) is 5.75 Å². The first-order valence-electron chi connectivity index (χ1n) is 7.26. The fourth-order valence-corrected chi connectivity index (χ4v) is 2.61. The molecule has 5 heteroatoms. The summed E-state index contributed by atoms with van der Waals surface area (Å²) in [6, 6.07) is 5.46. The number of methoxy groups -OCH3 is 1. The Morgan fingerprint density at radius 3 is 2.81 bits per heavy atom. The Labute approximate surface area is 125 Å². The van der Waals surface area contributed by atoms with Gasteiger partial charge in [0.15, 0.2) is 0 Å². The Morgan fingerprint density at radius 2 is 2.14 bits per heavy atom. The molecule has 0 aromatic heterocycles. The molecule has 0 aliphatic carbocycles. The van der Waals surface area contributed by atoms with E-state index in [2.05, 4.69) is 12.2 Å². The molecule has 0 saturated carbocycles. The van der Waals surface area contributed by atoms with E-state index in [-0.39, 0.29) is 0 Å². The number of aryl methyl sites for hydroxylation is 1. The van der Waals surface area contributed by atoms with Crippen molar-refractivity contribution in [3.05, 3.63) is 23.8 Å². The molecule has 1 aliphatic rings. The number of nitrogens with zero attached hydrogens (tertiary/aromatic N) is 1. The molecular formula is C16H22N2O3. The summed E-state index contributed by atoms with van der Waals surface area (Å²) < 4.78 is 5.20. The van der Waals surface area contributed by atoms with E-state index in [4.69, 9.17) is 4.74 Å². The molecular weight excluding hydrogens is 268 g/mol. The van der Waals surface area contributed by atoms with Gasteiger partial charge in [0.2, 0.25) is 0 Å². The smallest absolute Gasteiger partial charge is 0.314 e. The highest BCUT2D eigenvalue weighted by molar-refractivity contribution is 6.39. The van der Waals surface area contributed by atoms with E-state index in [9.17, 15) is 9.59 Å². The number of anilines is 1. The quantitative estimate of drug-likeness (QED) is 0.850. The SMILES string of the molecule is COc1ccc(C)cc1NC(=O)C(=O)N1CCCC(C)C1. The van der Waals surface area contributed by atoms with Crippen LogP contribution < -0.4 is 10.1 Å². The number of rotatable bonds is 2. The second kappa shape index (κ2) is 6.61. The summed E-state index contributed by atoms with van der Waals surface area (Å²) in [6.45, 7) is 5.32. The highest BCUT2D eigenvalue weighted by atomic mass is 16.5. The van der Waals surface area contributed by atoms with Crippen LogP contribution >= 0.6 is 0 Å². The highest BCUT2D eigenvalue weighted by Crippen LogP contribution is 2.25. The minimum Gasteiger partial charge on any atom is -0.495 e. The van der Waals surface area contributed by atoms with Crippen molar-refractivity contribution in [3.63, 3.8) is 0 Å². The van der Waals surface area contributed by atoms with Gasteiger partial charge in [-0.05, 0) is 43.4 Å². The molecule has 0 spiro atoms. The third kappa shape index (κ3) is 3.74. The topological polar surface area (TPSA) is 58.6 Å². The van der Waals surface area contributed by atoms with Crippen LogP contribution in [0.5, 0.6) is 5.75 Å². The van der Waals surface area contributed by atoms with Crippen LogP contribution in [-0.2, 0) is 9.59 Å². The number of piperidine rings is 1. The lowest BCUT2D eigenvalue weighted by Crippen LogP contribution is -2.44. The molecule has 1 atom stereocenters. The standard InChI is InChI=1S/C16H22N2O3/c1-11-6-7-14(21-3)13(9-11)17-15(19)16(20)18-8-4-5-12(2)10-18/h6-7,9,12H,4-5,8,10H2,1-3H3,(H,17,19). The molecule has 1 aliphatic heterocycles. The maximum atomic E-state index is 12.2. The van der Waals surface area contributed by atoms with Crippen molar-refractivity contribution in [2.24, 2.45) is 5.92 Å². The Balaban J connectivity index is 2.07. The van der Waals surface area contributed by atoms with E-state index in [1.54, 1.807) is 17.0 Å². The summed E-state index contributed by atoms with van der Waals surface area (Å²) in [5, 5.41) is 2.66. The zero-order valence-corrected chi connectivity index (χ0v) is 12.8. The zero-order valence-electron chi connectivity index (χ0n) is 12.8. The summed E-state index contributed by atoms with van der Waals surface area (Å²) in [7, 11) is 1.54. The maximum Gasteiger partial charge on any atom is 0.314 e. The summed E-state index contributed by atoms with van der Waals surface area (Å²) in [6.07, 6.45) is 2.06. The number of ether oxygens (including phenoxy) is 1. The molecule has 0 radical (unpaired) electrons. The van der Waals surface area contributed by atoms with E-state index in [1.165, 1.54) is 7.11 Å². The van der Waals surface area contributed by atoms with E-state index in [0.29, 0.717) is 30.4 Å². The van der Waals surface area contributed by atoms with Crippen molar-refractivity contribution in [2.75, 3.05) is 25.5 Å². The molecule has 1 saturated heterocycles. The van der Waals surface area contributed by atoms with Crippen LogP contribution in [0.4, 0.5) is 5.69 Å². The number of nitrogens with one attached hydrogen (secondary N) is 1. The molecule has 1 aromatic rings. The number of amides is 2. The molecule has 1 aromatic carbocycles. The van der Waals surface area contributed by atoms with Crippen molar-refractivity contribution in [1.82, 2.24) is 4.90 Å². The molecule has 1 unspecified atom stereocenters. The Morgan fingerprint density at radius 1 is 1.38 bits per heavy atom. The Bertz CT molecular complexity index is 542. The predicted molar refractivity (Wildman–Crippen MR) is 81.3 cm³/mol. The Hall–Kier alpha value is -2.04. The highest BCUT2D eigenvalue weighted by Gasteiger charge is 2.26. The van der Waals surface area contributed by atoms with E-state index >= 15 is 0 Å². The van der Waals surface area contributed by atoms with E-state index < -0.39 is 11.8 Å². The van der Waals surface area contributed by atoms with Crippen molar-refractivity contribution < 1.29 is 14.3 Å². The van der Waals surface area contributed by atoms with E-state index in [0.717, 1.165) is 18.4 Å². The monoisotopic (exact) mass is 290 g/mol. The number of carbonyl (C=O) groups excluding carboxylic acids is 2. The van der Waals surface area contributed by atoms with Gasteiger partial charge in [0.25, 0.3) is 0 Å². The van der Waals surface area contributed by atoms with Gasteiger partial charge in [0.1, 0.15) is 5.75 Å². The van der Waals surface area contributed by atoms with Gasteiger partial charge in [-0.3, -0.25) is 9.59 Å². The average molecular weight is 290 g/mol. The first-order chi connectivity index (χ1) is 10.0. The molecule has 0 bridgehead atoms. The molecule has 1 heterocycles. The van der Waals surface area contributed by atoms with Gasteiger partial charge in [-0.25, -0.2) is 0 Å². The van der Waals surface area contributed by atoms with Gasteiger partial charge in [0, 0.05) is 13.1 Å². The number of hydrogen-bond donors (Lipinski definition) is 1. The zero-order chi connectivity index (χ0) is 15.4. The second-order valence-corrected chi connectivity index (χ2v) is 5.66. The molecule has 114 valence electrons. The van der Waals surface area contributed by atoms with Gasteiger partial charge in [-0.15, -0.1) is 0 Å². The number of likely N-dealkylation sites (tertiary alicyclic amines) is 1. The van der Waals surface area contributed by atoms with Gasteiger partial charge in [-0.1, -0.05) is 13.0 Å². The molecule has 21 heavy (non-hydrogen) atoms. The minimum absolute atomic E-state index is 0.448. The van der Waals surface area contributed by atoms with Gasteiger partial charge in [0.05, 0.1) is 12.8 Å². The number of benzene rings is 1. The van der Waals surface area contributed by atoms with Crippen LogP contribution in [0.1, 0.15) is 25.3 Å². The minimum atomic E-state index is -0.604. The lowest BCUT2D eigenvalue weighted by atomic mass is 10.0. The summed E-state index contributed by atoms with van der Waals surface area (Å²) in [4.78, 5) is 26.0. The van der Waals surface area contributed by atoms with Crippen LogP contribution in [0.3, 0.4) is 0 Å². The number of carbonyl (C=O) groups is 2. The fraction of sp³-hybridized carbons (Fsp3) is 0.500. The maximum absolute atomic E-state index is 12.2. The average Bonchev–Trinajstić information content (AvgIpc) is 2.46.